The Morgan fingerprint density at radius 2 is 1.84 bits per heavy atom. The van der Waals surface area contributed by atoms with Crippen molar-refractivity contribution in [2.45, 2.75) is 13.5 Å². The van der Waals surface area contributed by atoms with Gasteiger partial charge in [0.1, 0.15) is 17.3 Å². The fourth-order valence-corrected chi connectivity index (χ4v) is 3.94. The molecule has 0 saturated carbocycles. The van der Waals surface area contributed by atoms with Gasteiger partial charge in [0.25, 0.3) is 5.91 Å². The lowest BCUT2D eigenvalue weighted by Crippen LogP contribution is -2.30. The number of halogens is 1. The lowest BCUT2D eigenvalue weighted by molar-refractivity contribution is 0.0953. The van der Waals surface area contributed by atoms with E-state index >= 15 is 0 Å². The summed E-state index contributed by atoms with van der Waals surface area (Å²) in [6.45, 7) is 2.65. The Bertz CT molecular complexity index is 1230. The van der Waals surface area contributed by atoms with Crippen LogP contribution in [0.15, 0.2) is 48.5 Å². The second-order valence-electron chi connectivity index (χ2n) is 7.32. The molecule has 1 amide bonds. The maximum Gasteiger partial charge on any atom is 0.254 e. The zero-order valence-electron chi connectivity index (χ0n) is 17.8. The number of benzene rings is 3. The van der Waals surface area contributed by atoms with E-state index in [4.69, 9.17) is 10.1 Å². The van der Waals surface area contributed by atoms with E-state index in [0.29, 0.717) is 46.4 Å². The molecule has 3 aromatic carbocycles. The summed E-state index contributed by atoms with van der Waals surface area (Å²) >= 11 is 0. The van der Waals surface area contributed by atoms with E-state index in [2.05, 4.69) is 5.32 Å². The highest BCUT2D eigenvalue weighted by atomic mass is 79.9. The summed E-state index contributed by atoms with van der Waals surface area (Å²) < 4.78 is 5.63. The third kappa shape index (κ3) is 4.05. The van der Waals surface area contributed by atoms with Crippen LogP contribution in [0, 0.1) is 5.41 Å². The van der Waals surface area contributed by atoms with Crippen molar-refractivity contribution in [3.8, 4) is 11.5 Å². The third-order valence-electron chi connectivity index (χ3n) is 5.45. The van der Waals surface area contributed by atoms with Gasteiger partial charge in [-0.25, -0.2) is 0 Å². The minimum absolute atomic E-state index is 0. The summed E-state index contributed by atoms with van der Waals surface area (Å²) in [7, 11) is 1.55. The minimum atomic E-state index is -0.288. The highest BCUT2D eigenvalue weighted by molar-refractivity contribution is 8.93. The molecule has 0 spiro atoms. The van der Waals surface area contributed by atoms with Crippen LogP contribution in [0.3, 0.4) is 0 Å². The first kappa shape index (κ1) is 23.3. The number of ketones is 1. The van der Waals surface area contributed by atoms with Gasteiger partial charge in [-0.05, 0) is 42.1 Å². The van der Waals surface area contributed by atoms with Gasteiger partial charge in [-0.15, -0.1) is 17.0 Å². The molecule has 0 aromatic heterocycles. The van der Waals surface area contributed by atoms with Crippen molar-refractivity contribution >= 4 is 45.3 Å². The summed E-state index contributed by atoms with van der Waals surface area (Å²) in [5, 5.41) is 22.5. The molecule has 1 aliphatic rings. The average molecular weight is 498 g/mol. The number of nitrogens with one attached hydrogen (secondary N) is 2. The maximum absolute atomic E-state index is 13.1. The number of phenolic OH excluding ortho intramolecular Hbond substituents is 1. The Balaban J connectivity index is 0.00000289. The molecule has 4 rings (SSSR count). The number of aromatic hydroxyl groups is 1. The Kier molecular flexibility index (Phi) is 6.84. The van der Waals surface area contributed by atoms with Gasteiger partial charge in [0.05, 0.1) is 18.7 Å². The summed E-state index contributed by atoms with van der Waals surface area (Å²) in [6, 6.07) is 13.8. The largest absolute Gasteiger partial charge is 0.507 e. The Hall–Kier alpha value is -3.39. The number of amides is 1. The lowest BCUT2D eigenvalue weighted by Gasteiger charge is -2.17. The Labute approximate surface area is 196 Å². The first-order valence-corrected chi connectivity index (χ1v) is 10.0. The van der Waals surface area contributed by atoms with Crippen LogP contribution in [-0.2, 0) is 6.54 Å². The van der Waals surface area contributed by atoms with Crippen LogP contribution >= 0.6 is 17.0 Å². The van der Waals surface area contributed by atoms with E-state index in [1.165, 1.54) is 6.07 Å². The van der Waals surface area contributed by atoms with Crippen LogP contribution in [0.1, 0.15) is 38.8 Å². The van der Waals surface area contributed by atoms with Crippen LogP contribution in [0.4, 0.5) is 0 Å². The molecule has 0 atom stereocenters. The van der Waals surface area contributed by atoms with Gasteiger partial charge in [0, 0.05) is 30.1 Å². The number of hydrogen-bond donors (Lipinski definition) is 3. The molecule has 0 unspecified atom stereocenters. The number of phenols is 1. The zero-order chi connectivity index (χ0) is 22.1. The van der Waals surface area contributed by atoms with Gasteiger partial charge < -0.3 is 20.1 Å². The number of amidine groups is 1. The van der Waals surface area contributed by atoms with Crippen LogP contribution in [0.5, 0.6) is 11.5 Å². The van der Waals surface area contributed by atoms with Crippen molar-refractivity contribution in [1.29, 1.82) is 5.41 Å². The van der Waals surface area contributed by atoms with Gasteiger partial charge in [-0.1, -0.05) is 24.3 Å². The summed E-state index contributed by atoms with van der Waals surface area (Å²) in [5.74, 6) is 0.346. The molecular weight excluding hydrogens is 474 g/mol. The van der Waals surface area contributed by atoms with Crippen molar-refractivity contribution in [1.82, 2.24) is 10.2 Å². The summed E-state index contributed by atoms with van der Waals surface area (Å²) in [4.78, 5) is 27.0. The lowest BCUT2D eigenvalue weighted by atomic mass is 10.0. The standard InChI is InChI=1S/C24H23N3O4.BrH/c1-3-31-22-10-14-12-27(23(25)18(14)11-19(22)24(30)26-2)13-21(29)17-8-9-20(28)16-7-5-4-6-15(16)17;/h4-11,25,28H,3,12-13H2,1-2H3,(H,26,30);1H. The minimum Gasteiger partial charge on any atom is -0.507 e. The zero-order valence-corrected chi connectivity index (χ0v) is 19.5. The van der Waals surface area contributed by atoms with E-state index in [9.17, 15) is 14.7 Å². The predicted molar refractivity (Wildman–Crippen MR) is 129 cm³/mol. The van der Waals surface area contributed by atoms with E-state index in [-0.39, 0.29) is 46.8 Å². The highest BCUT2D eigenvalue weighted by Crippen LogP contribution is 2.32. The van der Waals surface area contributed by atoms with Gasteiger partial charge in [-0.3, -0.25) is 15.0 Å². The molecule has 0 saturated heterocycles. The normalized spacial score (nSPS) is 12.3. The van der Waals surface area contributed by atoms with Gasteiger partial charge >= 0.3 is 0 Å². The van der Waals surface area contributed by atoms with E-state index in [1.807, 2.05) is 19.1 Å². The highest BCUT2D eigenvalue weighted by Gasteiger charge is 2.29. The molecule has 8 heteroatoms. The number of carbonyl (C=O) groups excluding carboxylic acids is 2. The van der Waals surface area contributed by atoms with Crippen molar-refractivity contribution in [2.24, 2.45) is 0 Å². The number of Topliss-reactive ketones (excluding diaryl/α,β-unsaturated/α-hetero) is 1. The quantitative estimate of drug-likeness (QED) is 0.448. The number of ether oxygens (including phenoxy) is 1. The number of nitrogens with zero attached hydrogens (tertiary/aromatic N) is 1. The number of hydrogen-bond acceptors (Lipinski definition) is 5. The average Bonchev–Trinajstić information content (AvgIpc) is 3.07. The Morgan fingerprint density at radius 3 is 2.53 bits per heavy atom. The van der Waals surface area contributed by atoms with E-state index in [0.717, 1.165) is 5.56 Å². The molecule has 0 radical (unpaired) electrons. The first-order chi connectivity index (χ1) is 14.9. The second-order valence-corrected chi connectivity index (χ2v) is 7.32. The summed E-state index contributed by atoms with van der Waals surface area (Å²) in [6.07, 6.45) is 0. The van der Waals surface area contributed by atoms with Crippen LogP contribution in [-0.4, -0.2) is 47.7 Å². The van der Waals surface area contributed by atoms with Gasteiger partial charge in [0.15, 0.2) is 5.78 Å². The number of rotatable bonds is 6. The molecule has 0 aliphatic carbocycles. The van der Waals surface area contributed by atoms with Crippen molar-refractivity contribution in [3.63, 3.8) is 0 Å². The van der Waals surface area contributed by atoms with Crippen molar-refractivity contribution in [3.05, 3.63) is 70.8 Å². The van der Waals surface area contributed by atoms with E-state index in [1.54, 1.807) is 42.3 Å². The fourth-order valence-electron chi connectivity index (χ4n) is 3.94. The number of carbonyl (C=O) groups is 2. The molecule has 3 N–H and O–H groups in total. The topological polar surface area (TPSA) is 103 Å². The fraction of sp³-hybridized carbons (Fsp3) is 0.208. The van der Waals surface area contributed by atoms with Crippen LogP contribution in [0.2, 0.25) is 0 Å². The Morgan fingerprint density at radius 1 is 1.12 bits per heavy atom. The van der Waals surface area contributed by atoms with Crippen molar-refractivity contribution in [2.75, 3.05) is 20.2 Å². The number of fused-ring (bicyclic) bond motifs is 2. The molecule has 3 aromatic rings. The molecule has 1 heterocycles. The monoisotopic (exact) mass is 497 g/mol. The summed E-state index contributed by atoms with van der Waals surface area (Å²) in [5.41, 5.74) is 2.32. The molecule has 0 bridgehead atoms. The SMILES string of the molecule is Br.CCOc1cc2c(cc1C(=O)NC)C(=N)N(CC(=O)c1ccc(O)c3ccccc13)C2. The molecular formula is C24H24BrN3O4. The van der Waals surface area contributed by atoms with E-state index < -0.39 is 0 Å². The molecule has 0 fully saturated rings. The van der Waals surface area contributed by atoms with Crippen molar-refractivity contribution < 1.29 is 19.4 Å². The maximum atomic E-state index is 13.1. The molecule has 7 nitrogen and oxygen atoms in total. The smallest absolute Gasteiger partial charge is 0.254 e. The first-order valence-electron chi connectivity index (χ1n) is 10.0. The van der Waals surface area contributed by atoms with Crippen LogP contribution in [0.25, 0.3) is 10.8 Å². The third-order valence-corrected chi connectivity index (χ3v) is 5.45. The second kappa shape index (κ2) is 9.40. The molecule has 1 aliphatic heterocycles. The van der Waals surface area contributed by atoms with Gasteiger partial charge in [-0.2, -0.15) is 0 Å². The van der Waals surface area contributed by atoms with Gasteiger partial charge in [0.2, 0.25) is 0 Å². The predicted octanol–water partition coefficient (Wildman–Crippen LogP) is 3.91. The van der Waals surface area contributed by atoms with Crippen LogP contribution < -0.4 is 10.1 Å². The molecule has 166 valence electrons. The molecule has 32 heavy (non-hydrogen) atoms.